The van der Waals surface area contributed by atoms with Crippen molar-refractivity contribution in [3.05, 3.63) is 35.9 Å². The fourth-order valence-electron chi connectivity index (χ4n) is 2.20. The summed E-state index contributed by atoms with van der Waals surface area (Å²) in [5.74, 6) is 0. The molecule has 100 valence electrons. The average Bonchev–Trinajstić information content (AvgIpc) is 2.41. The van der Waals surface area contributed by atoms with Gasteiger partial charge in [0.05, 0.1) is 6.61 Å². The Morgan fingerprint density at radius 3 is 2.28 bits per heavy atom. The second-order valence-corrected chi connectivity index (χ2v) is 4.32. The molecular formula is C12H16O6. The summed E-state index contributed by atoms with van der Waals surface area (Å²) in [6.45, 7) is -0.605. The molecule has 1 aromatic carbocycles. The lowest BCUT2D eigenvalue weighted by Gasteiger charge is -2.46. The van der Waals surface area contributed by atoms with Gasteiger partial charge in [0.25, 0.3) is 0 Å². The van der Waals surface area contributed by atoms with E-state index >= 15 is 0 Å². The summed E-state index contributed by atoms with van der Waals surface area (Å²) in [5.41, 5.74) is -1.68. The third kappa shape index (κ3) is 1.93. The summed E-state index contributed by atoms with van der Waals surface area (Å²) in [5, 5.41) is 48.7. The Hall–Kier alpha value is -1.02. The molecule has 0 radical (unpaired) electrons. The van der Waals surface area contributed by atoms with E-state index in [0.29, 0.717) is 5.56 Å². The van der Waals surface area contributed by atoms with Crippen molar-refractivity contribution in [1.29, 1.82) is 0 Å². The van der Waals surface area contributed by atoms with Gasteiger partial charge < -0.3 is 30.3 Å². The number of ether oxygens (including phenoxy) is 1. The monoisotopic (exact) mass is 256 g/mol. The molecule has 5 N–H and O–H groups in total. The van der Waals surface area contributed by atoms with Gasteiger partial charge in [0.2, 0.25) is 0 Å². The summed E-state index contributed by atoms with van der Waals surface area (Å²) < 4.78 is 4.93. The van der Waals surface area contributed by atoms with E-state index in [2.05, 4.69) is 0 Å². The molecule has 1 unspecified atom stereocenters. The first kappa shape index (κ1) is 13.4. The highest BCUT2D eigenvalue weighted by molar-refractivity contribution is 5.27. The maximum atomic E-state index is 10.6. The largest absolute Gasteiger partial charge is 0.394 e. The van der Waals surface area contributed by atoms with Crippen LogP contribution in [-0.4, -0.2) is 56.7 Å². The number of hydrogen-bond donors (Lipinski definition) is 5. The molecule has 6 nitrogen and oxygen atoms in total. The molecule has 0 amide bonds. The van der Waals surface area contributed by atoms with Crippen molar-refractivity contribution < 1.29 is 30.3 Å². The van der Waals surface area contributed by atoms with E-state index < -0.39 is 36.8 Å². The zero-order valence-electron chi connectivity index (χ0n) is 9.55. The van der Waals surface area contributed by atoms with Gasteiger partial charge in [-0.2, -0.15) is 0 Å². The van der Waals surface area contributed by atoms with Gasteiger partial charge in [-0.05, 0) is 5.56 Å². The minimum absolute atomic E-state index is 0.294. The van der Waals surface area contributed by atoms with E-state index in [1.807, 2.05) is 0 Å². The Labute approximate surface area is 104 Å². The molecule has 5 atom stereocenters. The normalized spacial score (nSPS) is 40.7. The average molecular weight is 256 g/mol. The van der Waals surface area contributed by atoms with Crippen LogP contribution in [0.25, 0.3) is 0 Å². The van der Waals surface area contributed by atoms with Crippen molar-refractivity contribution in [2.45, 2.75) is 30.2 Å². The number of rotatable bonds is 2. The standard InChI is InChI=1S/C12H16O6/c13-6-8-12(17,7-4-2-1-3-5-7)10(15)9(14)11(16)18-8/h1-5,8-11,13-17H,6H2/t8-,9-,10-,11?,12-/m1/s1. The van der Waals surface area contributed by atoms with Crippen LogP contribution >= 0.6 is 0 Å². The Morgan fingerprint density at radius 2 is 1.72 bits per heavy atom. The van der Waals surface area contributed by atoms with Crippen LogP contribution in [-0.2, 0) is 10.3 Å². The molecule has 1 aliphatic rings. The Kier molecular flexibility index (Phi) is 3.67. The van der Waals surface area contributed by atoms with Crippen LogP contribution in [0.4, 0.5) is 0 Å². The van der Waals surface area contributed by atoms with Crippen LogP contribution in [0.5, 0.6) is 0 Å². The molecule has 0 aromatic heterocycles. The molecule has 2 rings (SSSR count). The Bertz CT molecular complexity index is 393. The summed E-state index contributed by atoms with van der Waals surface area (Å²) in [6, 6.07) is 8.10. The maximum Gasteiger partial charge on any atom is 0.184 e. The van der Waals surface area contributed by atoms with E-state index in [0.717, 1.165) is 0 Å². The first-order chi connectivity index (χ1) is 8.51. The van der Waals surface area contributed by atoms with E-state index in [4.69, 9.17) is 4.74 Å². The first-order valence-corrected chi connectivity index (χ1v) is 5.60. The van der Waals surface area contributed by atoms with Gasteiger partial charge >= 0.3 is 0 Å². The number of aliphatic hydroxyl groups is 5. The summed E-state index contributed by atoms with van der Waals surface area (Å²) in [6.07, 6.45) is -6.20. The Morgan fingerprint density at radius 1 is 1.11 bits per heavy atom. The molecule has 0 saturated carbocycles. The maximum absolute atomic E-state index is 10.6. The molecule has 1 fully saturated rings. The highest BCUT2D eigenvalue weighted by Gasteiger charge is 2.55. The van der Waals surface area contributed by atoms with Crippen molar-refractivity contribution in [3.63, 3.8) is 0 Å². The number of hydrogen-bond acceptors (Lipinski definition) is 6. The van der Waals surface area contributed by atoms with Crippen LogP contribution in [0, 0.1) is 0 Å². The van der Waals surface area contributed by atoms with Crippen molar-refractivity contribution in [3.8, 4) is 0 Å². The van der Waals surface area contributed by atoms with Gasteiger partial charge in [0.15, 0.2) is 6.29 Å². The van der Waals surface area contributed by atoms with Crippen molar-refractivity contribution >= 4 is 0 Å². The third-order valence-corrected chi connectivity index (χ3v) is 3.26. The molecule has 0 spiro atoms. The SMILES string of the molecule is OC[C@H]1OC(O)[C@H](O)[C@@H](O)[C@@]1(O)c1ccccc1. The molecule has 18 heavy (non-hydrogen) atoms. The number of aliphatic hydroxyl groups excluding tert-OH is 4. The molecular weight excluding hydrogens is 240 g/mol. The zero-order valence-corrected chi connectivity index (χ0v) is 9.55. The second kappa shape index (κ2) is 4.93. The van der Waals surface area contributed by atoms with Crippen LogP contribution in [0.2, 0.25) is 0 Å². The third-order valence-electron chi connectivity index (χ3n) is 3.26. The minimum Gasteiger partial charge on any atom is -0.394 e. The van der Waals surface area contributed by atoms with Crippen molar-refractivity contribution in [2.75, 3.05) is 6.61 Å². The van der Waals surface area contributed by atoms with Crippen LogP contribution in [0.15, 0.2) is 30.3 Å². The lowest BCUT2D eigenvalue weighted by molar-refractivity contribution is -0.325. The predicted octanol–water partition coefficient (Wildman–Crippen LogP) is -1.69. The van der Waals surface area contributed by atoms with Crippen LogP contribution in [0.1, 0.15) is 5.56 Å². The second-order valence-electron chi connectivity index (χ2n) is 4.32. The molecule has 1 aromatic rings. The molecule has 1 heterocycles. The lowest BCUT2D eigenvalue weighted by atomic mass is 9.79. The van der Waals surface area contributed by atoms with Gasteiger partial charge in [-0.3, -0.25) is 0 Å². The molecule has 6 heteroatoms. The highest BCUT2D eigenvalue weighted by Crippen LogP contribution is 2.37. The summed E-state index contributed by atoms with van der Waals surface area (Å²) in [4.78, 5) is 0. The minimum atomic E-state index is -1.98. The van der Waals surface area contributed by atoms with E-state index in [-0.39, 0.29) is 0 Å². The lowest BCUT2D eigenvalue weighted by Crippen LogP contribution is -2.64. The van der Waals surface area contributed by atoms with E-state index in [1.165, 1.54) is 0 Å². The topological polar surface area (TPSA) is 110 Å². The van der Waals surface area contributed by atoms with Crippen LogP contribution < -0.4 is 0 Å². The van der Waals surface area contributed by atoms with Gasteiger partial charge in [-0.25, -0.2) is 0 Å². The fourth-order valence-corrected chi connectivity index (χ4v) is 2.20. The molecule has 1 saturated heterocycles. The smallest absolute Gasteiger partial charge is 0.184 e. The van der Waals surface area contributed by atoms with Gasteiger partial charge in [-0.15, -0.1) is 0 Å². The zero-order chi connectivity index (χ0) is 13.3. The van der Waals surface area contributed by atoms with E-state index in [1.54, 1.807) is 30.3 Å². The summed E-state index contributed by atoms with van der Waals surface area (Å²) in [7, 11) is 0. The molecule has 0 bridgehead atoms. The van der Waals surface area contributed by atoms with Gasteiger partial charge in [-0.1, -0.05) is 30.3 Å². The summed E-state index contributed by atoms with van der Waals surface area (Å²) >= 11 is 0. The number of benzene rings is 1. The van der Waals surface area contributed by atoms with Gasteiger partial charge in [0, 0.05) is 0 Å². The molecule has 0 aliphatic carbocycles. The Balaban J connectivity index is 2.44. The van der Waals surface area contributed by atoms with Crippen LogP contribution in [0.3, 0.4) is 0 Å². The molecule has 1 aliphatic heterocycles. The predicted molar refractivity (Wildman–Crippen MR) is 60.3 cm³/mol. The van der Waals surface area contributed by atoms with Crippen molar-refractivity contribution in [1.82, 2.24) is 0 Å². The quantitative estimate of drug-likeness (QED) is 0.431. The van der Waals surface area contributed by atoms with Gasteiger partial charge in [0.1, 0.15) is 23.9 Å². The van der Waals surface area contributed by atoms with Crippen molar-refractivity contribution in [2.24, 2.45) is 0 Å². The first-order valence-electron chi connectivity index (χ1n) is 5.60. The van der Waals surface area contributed by atoms with E-state index in [9.17, 15) is 25.5 Å². The fraction of sp³-hybridized carbons (Fsp3) is 0.500. The highest BCUT2D eigenvalue weighted by atomic mass is 16.6.